The molecule has 0 unspecified atom stereocenters. The molecule has 0 amide bonds. The summed E-state index contributed by atoms with van der Waals surface area (Å²) < 4.78 is 11.3. The van der Waals surface area contributed by atoms with Crippen molar-refractivity contribution in [3.8, 4) is 0 Å². The van der Waals surface area contributed by atoms with Crippen molar-refractivity contribution < 1.29 is 19.1 Å². The molecule has 0 N–H and O–H groups in total. The lowest BCUT2D eigenvalue weighted by Gasteiger charge is -2.43. The smallest absolute Gasteiger partial charge is 0.356 e. The van der Waals surface area contributed by atoms with Crippen molar-refractivity contribution in [2.75, 3.05) is 13.2 Å². The van der Waals surface area contributed by atoms with Crippen LogP contribution in [-0.4, -0.2) is 36.6 Å². The lowest BCUT2D eigenvalue weighted by Crippen LogP contribution is -2.39. The molecule has 0 saturated heterocycles. The van der Waals surface area contributed by atoms with Gasteiger partial charge < -0.3 is 9.47 Å². The second-order valence-electron chi connectivity index (χ2n) is 14.5. The number of hydrogen-bond donors (Lipinski definition) is 0. The lowest BCUT2D eigenvalue weighted by molar-refractivity contribution is -0.135. The number of esters is 2. The van der Waals surface area contributed by atoms with Gasteiger partial charge in [-0.05, 0) is 73.9 Å². The second kappa shape index (κ2) is 13.3. The first-order chi connectivity index (χ1) is 25.4. The van der Waals surface area contributed by atoms with Crippen LogP contribution in [0.4, 0.5) is 0 Å². The van der Waals surface area contributed by atoms with Gasteiger partial charge in [0.1, 0.15) is 22.5 Å². The van der Waals surface area contributed by atoms with Crippen LogP contribution in [0.15, 0.2) is 155 Å². The van der Waals surface area contributed by atoms with E-state index in [1.165, 1.54) is 11.1 Å². The van der Waals surface area contributed by atoms with E-state index in [1.807, 2.05) is 98.8 Å². The summed E-state index contributed by atoms with van der Waals surface area (Å²) in [6.45, 7) is 4.20. The second-order valence-corrected chi connectivity index (χ2v) is 14.5. The molecule has 6 heteroatoms. The molecular weight excluding hydrogens is 645 g/mol. The highest BCUT2D eigenvalue weighted by Gasteiger charge is 2.69. The summed E-state index contributed by atoms with van der Waals surface area (Å²) in [4.78, 5) is 38.0. The van der Waals surface area contributed by atoms with Gasteiger partial charge in [-0.2, -0.15) is 0 Å². The van der Waals surface area contributed by atoms with E-state index in [2.05, 4.69) is 48.5 Å². The van der Waals surface area contributed by atoms with Crippen LogP contribution >= 0.6 is 0 Å². The number of rotatable bonds is 11. The SMILES string of the molecule is CCOC(=O)C1=NC(c2ccccc2)(c2ccccc2)CC(C2(C3(C4=CC(C(=O)OCC)=NC(c5ccccc5)(c5ccccc5)C4)CC3)CC2)=C1. The Balaban J connectivity index is 1.29. The molecule has 2 saturated carbocycles. The minimum absolute atomic E-state index is 0.211. The Bertz CT molecular complexity index is 1860. The molecule has 4 aromatic carbocycles. The van der Waals surface area contributed by atoms with Crippen molar-refractivity contribution in [2.24, 2.45) is 20.8 Å². The zero-order valence-electron chi connectivity index (χ0n) is 29.9. The highest BCUT2D eigenvalue weighted by molar-refractivity contribution is 6.42. The average molecular weight is 689 g/mol. The third-order valence-electron chi connectivity index (χ3n) is 11.8. The highest BCUT2D eigenvalue weighted by Crippen LogP contribution is 2.78. The van der Waals surface area contributed by atoms with Gasteiger partial charge in [0.15, 0.2) is 0 Å². The molecule has 52 heavy (non-hydrogen) atoms. The zero-order chi connectivity index (χ0) is 35.8. The van der Waals surface area contributed by atoms with Gasteiger partial charge in [0.05, 0.1) is 13.2 Å². The summed E-state index contributed by atoms with van der Waals surface area (Å²) in [5.41, 5.74) is 5.26. The van der Waals surface area contributed by atoms with Crippen molar-refractivity contribution in [1.82, 2.24) is 0 Å². The summed E-state index contributed by atoms with van der Waals surface area (Å²) in [6, 6.07) is 41.4. The number of nitrogens with zero attached hydrogens (tertiary/aromatic N) is 2. The van der Waals surface area contributed by atoms with Gasteiger partial charge in [-0.3, -0.25) is 9.98 Å². The van der Waals surface area contributed by atoms with Gasteiger partial charge in [0.25, 0.3) is 0 Å². The largest absolute Gasteiger partial charge is 0.461 e. The third-order valence-corrected chi connectivity index (χ3v) is 11.8. The molecule has 2 heterocycles. The van der Waals surface area contributed by atoms with Crippen LogP contribution in [-0.2, 0) is 30.1 Å². The normalized spacial score (nSPS) is 20.3. The van der Waals surface area contributed by atoms with Crippen LogP contribution in [0.25, 0.3) is 0 Å². The van der Waals surface area contributed by atoms with Gasteiger partial charge >= 0.3 is 11.9 Å². The van der Waals surface area contributed by atoms with E-state index < -0.39 is 23.0 Å². The monoisotopic (exact) mass is 688 g/mol. The Morgan fingerprint density at radius 2 is 0.788 bits per heavy atom. The Hall–Kier alpha value is -5.36. The minimum atomic E-state index is -0.809. The predicted octanol–water partition coefficient (Wildman–Crippen LogP) is 9.10. The maximum atomic E-state index is 13.7. The van der Waals surface area contributed by atoms with Gasteiger partial charge in [-0.25, -0.2) is 9.59 Å². The summed E-state index contributed by atoms with van der Waals surface area (Å²) in [5, 5.41) is 0. The van der Waals surface area contributed by atoms with Crippen LogP contribution in [0.5, 0.6) is 0 Å². The first kappa shape index (κ1) is 33.8. The zero-order valence-corrected chi connectivity index (χ0v) is 29.9. The summed E-state index contributed by atoms with van der Waals surface area (Å²) >= 11 is 0. The molecule has 2 aliphatic heterocycles. The minimum Gasteiger partial charge on any atom is -0.461 e. The van der Waals surface area contributed by atoms with E-state index in [4.69, 9.17) is 19.5 Å². The Kier molecular flexibility index (Phi) is 8.65. The molecule has 0 spiro atoms. The fraction of sp³-hybridized carbons (Fsp3) is 0.304. The van der Waals surface area contributed by atoms with E-state index in [-0.39, 0.29) is 24.0 Å². The van der Waals surface area contributed by atoms with Crippen molar-refractivity contribution >= 4 is 23.4 Å². The molecule has 4 aromatic rings. The highest BCUT2D eigenvalue weighted by atomic mass is 16.5. The maximum Gasteiger partial charge on any atom is 0.356 e. The summed E-state index contributed by atoms with van der Waals surface area (Å²) in [5.74, 6) is -0.810. The van der Waals surface area contributed by atoms with Crippen LogP contribution in [0, 0.1) is 10.8 Å². The van der Waals surface area contributed by atoms with Crippen LogP contribution < -0.4 is 0 Å². The first-order valence-electron chi connectivity index (χ1n) is 18.6. The Morgan fingerprint density at radius 1 is 0.500 bits per heavy atom. The van der Waals surface area contributed by atoms with Crippen molar-refractivity contribution in [3.05, 3.63) is 167 Å². The topological polar surface area (TPSA) is 77.3 Å². The van der Waals surface area contributed by atoms with Crippen LogP contribution in [0.2, 0.25) is 0 Å². The number of carbonyl (C=O) groups is 2. The quantitative estimate of drug-likeness (QED) is 0.147. The van der Waals surface area contributed by atoms with E-state index in [0.29, 0.717) is 24.3 Å². The van der Waals surface area contributed by atoms with Gasteiger partial charge in [-0.1, -0.05) is 132 Å². The number of hydrogen-bond acceptors (Lipinski definition) is 6. The molecule has 2 fully saturated rings. The molecule has 262 valence electrons. The number of carbonyl (C=O) groups excluding carboxylic acids is 2. The summed E-state index contributed by atoms with van der Waals surface area (Å²) in [7, 11) is 0. The van der Waals surface area contributed by atoms with Crippen molar-refractivity contribution in [1.29, 1.82) is 0 Å². The number of dihydropyridines is 2. The molecule has 0 aromatic heterocycles. The summed E-state index contributed by atoms with van der Waals surface area (Å²) in [6.07, 6.45) is 9.31. The fourth-order valence-electron chi connectivity index (χ4n) is 9.09. The molecule has 0 atom stereocenters. The predicted molar refractivity (Wildman–Crippen MR) is 204 cm³/mol. The molecule has 6 nitrogen and oxygen atoms in total. The van der Waals surface area contributed by atoms with E-state index >= 15 is 0 Å². The van der Waals surface area contributed by atoms with Crippen molar-refractivity contribution in [3.63, 3.8) is 0 Å². The number of benzene rings is 4. The Morgan fingerprint density at radius 3 is 1.04 bits per heavy atom. The molecular formula is C46H44N2O4. The standard InChI is InChI=1S/C46H44N2O4/c1-3-51-41(49)39-29-37(31-45(47-39,33-17-9-5-10-18-33)34-19-11-6-12-20-34)43(25-26-43)44(27-28-44)38-30-40(42(50)52-4-2)48-46(32-38,35-21-13-7-14-22-35)36-23-15-8-16-24-36/h5-24,29-30H,3-4,25-28,31-32H2,1-2H3. The van der Waals surface area contributed by atoms with Gasteiger partial charge in [-0.15, -0.1) is 0 Å². The number of aliphatic imine (C=N–C) groups is 2. The average Bonchev–Trinajstić information content (AvgIpc) is 4.15. The maximum absolute atomic E-state index is 13.7. The van der Waals surface area contributed by atoms with Crippen molar-refractivity contribution in [2.45, 2.75) is 63.5 Å². The Labute approximate surface area is 306 Å². The van der Waals surface area contributed by atoms with Gasteiger partial charge in [0, 0.05) is 23.7 Å². The molecule has 4 aliphatic rings. The molecule has 0 bridgehead atoms. The first-order valence-corrected chi connectivity index (χ1v) is 18.6. The molecule has 0 radical (unpaired) electrons. The van der Waals surface area contributed by atoms with E-state index in [0.717, 1.165) is 47.9 Å². The molecule has 8 rings (SSSR count). The fourth-order valence-corrected chi connectivity index (χ4v) is 9.09. The lowest BCUT2D eigenvalue weighted by atomic mass is 9.64. The van der Waals surface area contributed by atoms with Gasteiger partial charge in [0.2, 0.25) is 0 Å². The van der Waals surface area contributed by atoms with Crippen LogP contribution in [0.1, 0.15) is 74.6 Å². The van der Waals surface area contributed by atoms with E-state index in [9.17, 15) is 9.59 Å². The third kappa shape index (κ3) is 5.56. The van der Waals surface area contributed by atoms with E-state index in [1.54, 1.807) is 0 Å². The van der Waals surface area contributed by atoms with Crippen LogP contribution in [0.3, 0.4) is 0 Å². The number of ether oxygens (including phenoxy) is 2. The molecule has 2 aliphatic carbocycles.